The fraction of sp³-hybridized carbons (Fsp3) is 0.182. The van der Waals surface area contributed by atoms with Crippen LogP contribution in [0.3, 0.4) is 0 Å². The maximum atomic E-state index is 12.4. The molecule has 2 N–H and O–H groups in total. The Labute approximate surface area is 205 Å². The molecule has 0 unspecified atom stereocenters. The molecule has 1 aromatic heterocycles. The van der Waals surface area contributed by atoms with Crippen LogP contribution >= 0.6 is 35.0 Å². The molecule has 3 aromatic rings. The second-order valence-corrected chi connectivity index (χ2v) is 8.40. The number of rotatable bonds is 10. The van der Waals surface area contributed by atoms with Crippen LogP contribution in [0.5, 0.6) is 5.75 Å². The Kier molecular flexibility index (Phi) is 8.76. The minimum Gasteiger partial charge on any atom is -0.495 e. The Morgan fingerprint density at radius 2 is 1.97 bits per heavy atom. The Hall–Kier alpha value is -3.01. The van der Waals surface area contributed by atoms with E-state index in [-0.39, 0.29) is 24.1 Å². The highest BCUT2D eigenvalue weighted by Crippen LogP contribution is 2.25. The van der Waals surface area contributed by atoms with Gasteiger partial charge in [0, 0.05) is 12.1 Å². The molecule has 172 valence electrons. The van der Waals surface area contributed by atoms with Gasteiger partial charge in [-0.1, -0.05) is 53.2 Å². The minimum atomic E-state index is -0.327. The predicted molar refractivity (Wildman–Crippen MR) is 130 cm³/mol. The van der Waals surface area contributed by atoms with E-state index in [9.17, 15) is 9.59 Å². The van der Waals surface area contributed by atoms with Gasteiger partial charge in [-0.05, 0) is 30.3 Å². The number of carbonyl (C=O) groups is 2. The summed E-state index contributed by atoms with van der Waals surface area (Å²) >= 11 is 13.1. The molecule has 0 bridgehead atoms. The summed E-state index contributed by atoms with van der Waals surface area (Å²) in [5, 5.41) is 15.1. The van der Waals surface area contributed by atoms with E-state index in [1.807, 2.05) is 12.1 Å². The average Bonchev–Trinajstić information content (AvgIpc) is 3.20. The second-order valence-electron chi connectivity index (χ2n) is 6.65. The fourth-order valence-electron chi connectivity index (χ4n) is 2.83. The molecule has 8 nitrogen and oxygen atoms in total. The van der Waals surface area contributed by atoms with Crippen LogP contribution in [0.4, 0.5) is 5.69 Å². The Balaban J connectivity index is 1.62. The third-order valence-electron chi connectivity index (χ3n) is 4.41. The first-order valence-electron chi connectivity index (χ1n) is 9.74. The SMILES string of the molecule is C=CCn1c(CNC(=O)c2ccc(Cl)c(Cl)c2)nnc1SCC(=O)Nc1ccccc1OC. The van der Waals surface area contributed by atoms with E-state index in [0.717, 1.165) is 0 Å². The number of nitrogens with one attached hydrogen (secondary N) is 2. The van der Waals surface area contributed by atoms with Crippen LogP contribution in [-0.2, 0) is 17.9 Å². The molecular weight excluding hydrogens is 485 g/mol. The zero-order chi connectivity index (χ0) is 23.8. The number of para-hydroxylation sites is 2. The molecule has 2 aromatic carbocycles. The van der Waals surface area contributed by atoms with Gasteiger partial charge in [-0.25, -0.2) is 0 Å². The first-order valence-corrected chi connectivity index (χ1v) is 11.5. The summed E-state index contributed by atoms with van der Waals surface area (Å²) in [6.07, 6.45) is 1.69. The summed E-state index contributed by atoms with van der Waals surface area (Å²) < 4.78 is 7.03. The third-order valence-corrected chi connectivity index (χ3v) is 6.11. The molecule has 1 heterocycles. The number of allylic oxidation sites excluding steroid dienone is 1. The molecule has 11 heteroatoms. The van der Waals surface area contributed by atoms with Crippen LogP contribution < -0.4 is 15.4 Å². The van der Waals surface area contributed by atoms with Gasteiger partial charge in [0.05, 0.1) is 35.1 Å². The lowest BCUT2D eigenvalue weighted by Gasteiger charge is -2.10. The first-order chi connectivity index (χ1) is 15.9. The van der Waals surface area contributed by atoms with Gasteiger partial charge in [0.1, 0.15) is 5.75 Å². The van der Waals surface area contributed by atoms with Crippen LogP contribution in [0.25, 0.3) is 0 Å². The van der Waals surface area contributed by atoms with Crippen molar-refractivity contribution in [3.63, 3.8) is 0 Å². The van der Waals surface area contributed by atoms with Crippen molar-refractivity contribution in [2.24, 2.45) is 0 Å². The minimum absolute atomic E-state index is 0.114. The summed E-state index contributed by atoms with van der Waals surface area (Å²) in [4.78, 5) is 24.9. The number of amides is 2. The van der Waals surface area contributed by atoms with Gasteiger partial charge >= 0.3 is 0 Å². The number of anilines is 1. The van der Waals surface area contributed by atoms with Gasteiger partial charge in [0.15, 0.2) is 11.0 Å². The summed E-state index contributed by atoms with van der Waals surface area (Å²) in [5.74, 6) is 0.670. The molecule has 0 aliphatic carbocycles. The molecule has 2 amide bonds. The number of benzene rings is 2. The first kappa shape index (κ1) is 24.6. The van der Waals surface area contributed by atoms with E-state index >= 15 is 0 Å². The average molecular weight is 506 g/mol. The van der Waals surface area contributed by atoms with Crippen molar-refractivity contribution >= 4 is 52.5 Å². The Morgan fingerprint density at radius 1 is 1.18 bits per heavy atom. The van der Waals surface area contributed by atoms with Crippen LogP contribution in [0.2, 0.25) is 10.0 Å². The van der Waals surface area contributed by atoms with Crippen LogP contribution in [0.1, 0.15) is 16.2 Å². The molecule has 0 spiro atoms. The summed E-state index contributed by atoms with van der Waals surface area (Å²) in [7, 11) is 1.54. The zero-order valence-electron chi connectivity index (χ0n) is 17.7. The molecule has 0 saturated heterocycles. The number of aromatic nitrogens is 3. The van der Waals surface area contributed by atoms with E-state index in [4.69, 9.17) is 27.9 Å². The lowest BCUT2D eigenvalue weighted by atomic mass is 10.2. The van der Waals surface area contributed by atoms with Gasteiger partial charge in [0.25, 0.3) is 5.91 Å². The summed E-state index contributed by atoms with van der Waals surface area (Å²) in [6, 6.07) is 11.8. The van der Waals surface area contributed by atoms with E-state index in [0.29, 0.717) is 44.6 Å². The quantitative estimate of drug-likeness (QED) is 0.312. The van der Waals surface area contributed by atoms with Crippen molar-refractivity contribution in [1.82, 2.24) is 20.1 Å². The molecule has 0 radical (unpaired) electrons. The zero-order valence-corrected chi connectivity index (χ0v) is 20.0. The van der Waals surface area contributed by atoms with Crippen LogP contribution in [0.15, 0.2) is 60.3 Å². The van der Waals surface area contributed by atoms with Crippen molar-refractivity contribution in [3.05, 3.63) is 76.6 Å². The van der Waals surface area contributed by atoms with Crippen molar-refractivity contribution in [3.8, 4) is 5.75 Å². The van der Waals surface area contributed by atoms with Crippen molar-refractivity contribution in [2.75, 3.05) is 18.2 Å². The number of methoxy groups -OCH3 is 1. The van der Waals surface area contributed by atoms with Crippen LogP contribution in [0, 0.1) is 0 Å². The lowest BCUT2D eigenvalue weighted by Crippen LogP contribution is -2.25. The summed E-state index contributed by atoms with van der Waals surface area (Å²) in [6.45, 7) is 4.31. The van der Waals surface area contributed by atoms with E-state index in [1.54, 1.807) is 42.0 Å². The maximum absolute atomic E-state index is 12.4. The summed E-state index contributed by atoms with van der Waals surface area (Å²) in [5.41, 5.74) is 0.964. The molecule has 0 aliphatic heterocycles. The number of carbonyl (C=O) groups excluding carboxylic acids is 2. The monoisotopic (exact) mass is 505 g/mol. The molecular formula is C22H21Cl2N5O3S. The molecule has 0 atom stereocenters. The lowest BCUT2D eigenvalue weighted by molar-refractivity contribution is -0.113. The number of hydrogen-bond acceptors (Lipinski definition) is 6. The number of thioether (sulfide) groups is 1. The number of ether oxygens (including phenoxy) is 1. The number of nitrogens with zero attached hydrogens (tertiary/aromatic N) is 3. The molecule has 0 fully saturated rings. The van der Waals surface area contributed by atoms with Crippen molar-refractivity contribution in [1.29, 1.82) is 0 Å². The molecule has 0 aliphatic rings. The topological polar surface area (TPSA) is 98.1 Å². The van der Waals surface area contributed by atoms with Gasteiger partial charge < -0.3 is 19.9 Å². The number of halogens is 2. The highest BCUT2D eigenvalue weighted by Gasteiger charge is 2.16. The van der Waals surface area contributed by atoms with E-state index < -0.39 is 0 Å². The molecule has 3 rings (SSSR count). The van der Waals surface area contributed by atoms with Crippen molar-refractivity contribution in [2.45, 2.75) is 18.2 Å². The molecule has 33 heavy (non-hydrogen) atoms. The maximum Gasteiger partial charge on any atom is 0.251 e. The smallest absolute Gasteiger partial charge is 0.251 e. The van der Waals surface area contributed by atoms with E-state index in [1.165, 1.54) is 17.8 Å². The normalized spacial score (nSPS) is 10.5. The largest absolute Gasteiger partial charge is 0.495 e. The van der Waals surface area contributed by atoms with E-state index in [2.05, 4.69) is 27.4 Å². The van der Waals surface area contributed by atoms with Gasteiger partial charge in [0.2, 0.25) is 5.91 Å². The number of hydrogen-bond donors (Lipinski definition) is 2. The fourth-order valence-corrected chi connectivity index (χ4v) is 3.90. The van der Waals surface area contributed by atoms with Crippen molar-refractivity contribution < 1.29 is 14.3 Å². The Bertz CT molecular complexity index is 1170. The van der Waals surface area contributed by atoms with Crippen LogP contribution in [-0.4, -0.2) is 39.4 Å². The Morgan fingerprint density at radius 3 is 2.70 bits per heavy atom. The third kappa shape index (κ3) is 6.50. The predicted octanol–water partition coefficient (Wildman–Crippen LogP) is 4.44. The van der Waals surface area contributed by atoms with Gasteiger partial charge in [-0.3, -0.25) is 9.59 Å². The van der Waals surface area contributed by atoms with Gasteiger partial charge in [-0.15, -0.1) is 16.8 Å². The highest BCUT2D eigenvalue weighted by atomic mass is 35.5. The second kappa shape index (κ2) is 11.7. The highest BCUT2D eigenvalue weighted by molar-refractivity contribution is 7.99. The van der Waals surface area contributed by atoms with Gasteiger partial charge in [-0.2, -0.15) is 0 Å². The molecule has 0 saturated carbocycles. The standard InChI is InChI=1S/C22H21Cl2N5O3S/c1-3-10-29-19(12-25-21(31)14-8-9-15(23)16(24)11-14)27-28-22(29)33-13-20(30)26-17-6-4-5-7-18(17)32-2/h3-9,11H,1,10,12-13H2,2H3,(H,25,31)(H,26,30).